The Kier molecular flexibility index (Phi) is 4.26. The van der Waals surface area contributed by atoms with E-state index in [1.807, 2.05) is 0 Å². The minimum absolute atomic E-state index is 0.244. The van der Waals surface area contributed by atoms with Gasteiger partial charge in [0.05, 0.1) is 7.11 Å². The van der Waals surface area contributed by atoms with Gasteiger partial charge in [0.15, 0.2) is 5.78 Å². The maximum absolute atomic E-state index is 12.1. The molecular weight excluding hydrogens is 220 g/mol. The van der Waals surface area contributed by atoms with Gasteiger partial charge in [-0.15, -0.1) is 0 Å². The van der Waals surface area contributed by atoms with E-state index in [-0.39, 0.29) is 11.7 Å². The molecule has 92 valence electrons. The highest BCUT2D eigenvalue weighted by Crippen LogP contribution is 2.20. The van der Waals surface area contributed by atoms with Gasteiger partial charge in [0.1, 0.15) is 11.7 Å². The Bertz CT molecular complexity index is 423. The van der Waals surface area contributed by atoms with Gasteiger partial charge in [-0.2, -0.15) is 0 Å². The smallest absolute Gasteiger partial charge is 0.314 e. The highest BCUT2D eigenvalue weighted by Gasteiger charge is 2.30. The van der Waals surface area contributed by atoms with E-state index in [4.69, 9.17) is 9.84 Å². The van der Waals surface area contributed by atoms with Gasteiger partial charge in [-0.1, -0.05) is 26.0 Å². The summed E-state index contributed by atoms with van der Waals surface area (Å²) in [4.78, 5) is 23.1. The molecular formula is C13H16O4. The van der Waals surface area contributed by atoms with Gasteiger partial charge in [0, 0.05) is 5.56 Å². The Hall–Kier alpha value is -1.84. The number of rotatable bonds is 5. The van der Waals surface area contributed by atoms with E-state index in [2.05, 4.69) is 0 Å². The lowest BCUT2D eigenvalue weighted by Crippen LogP contribution is -2.28. The number of hydrogen-bond donors (Lipinski definition) is 1. The molecule has 0 heterocycles. The molecule has 0 aromatic heterocycles. The van der Waals surface area contributed by atoms with Crippen LogP contribution in [-0.2, 0) is 4.79 Å². The maximum atomic E-state index is 12.1. The fourth-order valence-electron chi connectivity index (χ4n) is 1.66. The number of ketones is 1. The second-order valence-electron chi connectivity index (χ2n) is 4.16. The standard InChI is InChI=1S/C13H16O4/c1-8(2)11(13(15)16)12(14)9-5-4-6-10(7-9)17-3/h4-8,11H,1-3H3,(H,15,16). The van der Waals surface area contributed by atoms with Gasteiger partial charge in [-0.3, -0.25) is 9.59 Å². The molecule has 1 N–H and O–H groups in total. The first-order valence-corrected chi connectivity index (χ1v) is 5.38. The van der Waals surface area contributed by atoms with Crippen molar-refractivity contribution in [3.63, 3.8) is 0 Å². The van der Waals surface area contributed by atoms with E-state index in [0.29, 0.717) is 11.3 Å². The predicted molar refractivity (Wildman–Crippen MR) is 63.3 cm³/mol. The largest absolute Gasteiger partial charge is 0.497 e. The average Bonchev–Trinajstić information content (AvgIpc) is 2.28. The van der Waals surface area contributed by atoms with Crippen molar-refractivity contribution in [2.45, 2.75) is 13.8 Å². The van der Waals surface area contributed by atoms with Crippen molar-refractivity contribution in [1.29, 1.82) is 0 Å². The summed E-state index contributed by atoms with van der Waals surface area (Å²) in [5.41, 5.74) is 0.366. The zero-order valence-corrected chi connectivity index (χ0v) is 10.1. The van der Waals surface area contributed by atoms with Gasteiger partial charge in [0.25, 0.3) is 0 Å². The summed E-state index contributed by atoms with van der Waals surface area (Å²) < 4.78 is 5.01. The molecule has 17 heavy (non-hydrogen) atoms. The van der Waals surface area contributed by atoms with E-state index in [9.17, 15) is 9.59 Å². The van der Waals surface area contributed by atoms with Crippen LogP contribution in [0.5, 0.6) is 5.75 Å². The van der Waals surface area contributed by atoms with Crippen molar-refractivity contribution in [2.75, 3.05) is 7.11 Å². The number of carboxylic acids is 1. The van der Waals surface area contributed by atoms with Crippen LogP contribution >= 0.6 is 0 Å². The molecule has 4 nitrogen and oxygen atoms in total. The normalized spacial score (nSPS) is 12.2. The first kappa shape index (κ1) is 13.2. The number of methoxy groups -OCH3 is 1. The number of hydrogen-bond acceptors (Lipinski definition) is 3. The third-order valence-corrected chi connectivity index (χ3v) is 2.57. The molecule has 1 atom stereocenters. The lowest BCUT2D eigenvalue weighted by molar-refractivity contribution is -0.141. The summed E-state index contributed by atoms with van der Waals surface area (Å²) in [5.74, 6) is -2.18. The third kappa shape index (κ3) is 3.06. The van der Waals surface area contributed by atoms with E-state index in [0.717, 1.165) is 0 Å². The molecule has 0 aliphatic carbocycles. The van der Waals surface area contributed by atoms with E-state index in [1.54, 1.807) is 38.1 Å². The Morgan fingerprint density at radius 1 is 1.29 bits per heavy atom. The Balaban J connectivity index is 3.05. The van der Waals surface area contributed by atoms with Crippen LogP contribution in [0.15, 0.2) is 24.3 Å². The lowest BCUT2D eigenvalue weighted by atomic mass is 9.88. The van der Waals surface area contributed by atoms with Crippen molar-refractivity contribution in [2.24, 2.45) is 11.8 Å². The first-order chi connectivity index (χ1) is 7.97. The SMILES string of the molecule is COc1cccc(C(=O)C(C(=O)O)C(C)C)c1. The molecule has 0 saturated carbocycles. The Morgan fingerprint density at radius 3 is 2.41 bits per heavy atom. The van der Waals surface area contributed by atoms with Gasteiger partial charge in [0.2, 0.25) is 0 Å². The van der Waals surface area contributed by atoms with Crippen molar-refractivity contribution < 1.29 is 19.4 Å². The molecule has 0 fully saturated rings. The van der Waals surface area contributed by atoms with Crippen molar-refractivity contribution in [3.05, 3.63) is 29.8 Å². The number of carboxylic acid groups (broad SMARTS) is 1. The number of carbonyl (C=O) groups is 2. The van der Waals surface area contributed by atoms with Gasteiger partial charge >= 0.3 is 5.97 Å². The van der Waals surface area contributed by atoms with Crippen LogP contribution in [0.3, 0.4) is 0 Å². The molecule has 0 radical (unpaired) electrons. The molecule has 0 bridgehead atoms. The summed E-state index contributed by atoms with van der Waals surface area (Å²) in [5, 5.41) is 9.05. The van der Waals surface area contributed by atoms with E-state index < -0.39 is 11.9 Å². The third-order valence-electron chi connectivity index (χ3n) is 2.57. The number of Topliss-reactive ketones (excluding diaryl/α,β-unsaturated/α-hetero) is 1. The van der Waals surface area contributed by atoms with Crippen LogP contribution in [0.2, 0.25) is 0 Å². The quantitative estimate of drug-likeness (QED) is 0.629. The van der Waals surface area contributed by atoms with Gasteiger partial charge in [-0.25, -0.2) is 0 Å². The lowest BCUT2D eigenvalue weighted by Gasteiger charge is -2.15. The topological polar surface area (TPSA) is 63.6 Å². The highest BCUT2D eigenvalue weighted by molar-refractivity contribution is 6.08. The Labute approximate surface area is 100 Å². The van der Waals surface area contributed by atoms with Crippen LogP contribution in [-0.4, -0.2) is 24.0 Å². The van der Waals surface area contributed by atoms with Gasteiger partial charge in [-0.05, 0) is 18.1 Å². The predicted octanol–water partition coefficient (Wildman–Crippen LogP) is 2.23. The molecule has 1 unspecified atom stereocenters. The zero-order valence-electron chi connectivity index (χ0n) is 10.1. The minimum atomic E-state index is -1.09. The molecule has 4 heteroatoms. The minimum Gasteiger partial charge on any atom is -0.497 e. The van der Waals surface area contributed by atoms with Crippen LogP contribution < -0.4 is 4.74 Å². The number of benzene rings is 1. The van der Waals surface area contributed by atoms with Crippen molar-refractivity contribution in [1.82, 2.24) is 0 Å². The second kappa shape index (κ2) is 5.48. The molecule has 0 saturated heterocycles. The highest BCUT2D eigenvalue weighted by atomic mass is 16.5. The zero-order chi connectivity index (χ0) is 13.0. The van der Waals surface area contributed by atoms with E-state index >= 15 is 0 Å². The van der Waals surface area contributed by atoms with Crippen LogP contribution in [0.1, 0.15) is 24.2 Å². The molecule has 0 spiro atoms. The molecule has 0 amide bonds. The van der Waals surface area contributed by atoms with E-state index in [1.165, 1.54) is 7.11 Å². The summed E-state index contributed by atoms with van der Waals surface area (Å²) in [7, 11) is 1.50. The maximum Gasteiger partial charge on any atom is 0.314 e. The summed E-state index contributed by atoms with van der Waals surface area (Å²) in [6.45, 7) is 3.44. The first-order valence-electron chi connectivity index (χ1n) is 5.38. The summed E-state index contributed by atoms with van der Waals surface area (Å²) >= 11 is 0. The summed E-state index contributed by atoms with van der Waals surface area (Å²) in [6.07, 6.45) is 0. The monoisotopic (exact) mass is 236 g/mol. The molecule has 1 aromatic carbocycles. The summed E-state index contributed by atoms with van der Waals surface area (Å²) in [6, 6.07) is 6.54. The number of carbonyl (C=O) groups excluding carboxylic acids is 1. The molecule has 0 aliphatic heterocycles. The van der Waals surface area contributed by atoms with Crippen LogP contribution in [0.4, 0.5) is 0 Å². The average molecular weight is 236 g/mol. The number of ether oxygens (including phenoxy) is 1. The van der Waals surface area contributed by atoms with Crippen molar-refractivity contribution in [3.8, 4) is 5.75 Å². The molecule has 1 aromatic rings. The Morgan fingerprint density at radius 2 is 1.94 bits per heavy atom. The second-order valence-corrected chi connectivity index (χ2v) is 4.16. The van der Waals surface area contributed by atoms with Gasteiger partial charge < -0.3 is 9.84 Å². The van der Waals surface area contributed by atoms with Crippen LogP contribution in [0, 0.1) is 11.8 Å². The van der Waals surface area contributed by atoms with Crippen molar-refractivity contribution >= 4 is 11.8 Å². The molecule has 0 aliphatic rings. The fraction of sp³-hybridized carbons (Fsp3) is 0.385. The van der Waals surface area contributed by atoms with Crippen LogP contribution in [0.25, 0.3) is 0 Å². The fourth-order valence-corrected chi connectivity index (χ4v) is 1.66. The molecule has 1 rings (SSSR count). The number of aliphatic carboxylic acids is 1.